The predicted molar refractivity (Wildman–Crippen MR) is 171 cm³/mol. The third-order valence-electron chi connectivity index (χ3n) is 7.52. The Morgan fingerprint density at radius 1 is 1.28 bits per heavy atom. The lowest BCUT2D eigenvalue weighted by molar-refractivity contribution is -0.687. The summed E-state index contributed by atoms with van der Waals surface area (Å²) in [7, 11) is 1.24. The quantitative estimate of drug-likeness (QED) is 0.0601. The molecule has 0 radical (unpaired) electrons. The number of nitrogens with zero attached hydrogens (tertiary/aromatic N) is 5. The van der Waals surface area contributed by atoms with Crippen LogP contribution in [0.1, 0.15) is 16.8 Å². The highest BCUT2D eigenvalue weighted by Gasteiger charge is 2.53. The summed E-state index contributed by atoms with van der Waals surface area (Å²) in [6.07, 6.45) is 5.73. The van der Waals surface area contributed by atoms with Crippen molar-refractivity contribution in [3.8, 4) is 0 Å². The molecule has 1 fully saturated rings. The molecule has 0 saturated carbocycles. The molecule has 2 atom stereocenters. The number of pyridine rings is 1. The molecule has 6 rings (SSSR count). The average molecular weight is 680 g/mol. The predicted octanol–water partition coefficient (Wildman–Crippen LogP) is 0.408. The second kappa shape index (κ2) is 12.5. The molecular weight excluding hydrogens is 654 g/mol. The van der Waals surface area contributed by atoms with Crippen molar-refractivity contribution in [2.24, 2.45) is 10.9 Å². The Morgan fingerprint density at radius 2 is 2.04 bits per heavy atom. The molecule has 46 heavy (non-hydrogen) atoms. The molecular formula is C29H26ClN9O5S2. The van der Waals surface area contributed by atoms with Crippen molar-refractivity contribution in [1.29, 1.82) is 5.41 Å². The van der Waals surface area contributed by atoms with Gasteiger partial charge in [-0.15, -0.1) is 11.8 Å². The largest absolute Gasteiger partial charge is 0.543 e. The number of hydrogen-bond acceptors (Lipinski definition) is 11. The lowest BCUT2D eigenvalue weighted by atomic mass is 10.0. The van der Waals surface area contributed by atoms with Crippen molar-refractivity contribution in [3.63, 3.8) is 0 Å². The van der Waals surface area contributed by atoms with Crippen molar-refractivity contribution < 1.29 is 28.9 Å². The number of amidine groups is 1. The first-order valence-electron chi connectivity index (χ1n) is 13.7. The van der Waals surface area contributed by atoms with E-state index in [2.05, 4.69) is 20.0 Å². The number of carboxylic acids is 1. The van der Waals surface area contributed by atoms with Gasteiger partial charge < -0.3 is 36.1 Å². The Morgan fingerprint density at radius 3 is 2.70 bits per heavy atom. The molecule has 5 heterocycles. The molecule has 2 aliphatic rings. The zero-order valence-electron chi connectivity index (χ0n) is 24.1. The van der Waals surface area contributed by atoms with Crippen molar-refractivity contribution in [2.75, 3.05) is 18.6 Å². The zero-order valence-corrected chi connectivity index (χ0v) is 26.5. The van der Waals surface area contributed by atoms with Crippen LogP contribution in [0, 0.1) is 5.41 Å². The molecule has 17 heteroatoms. The van der Waals surface area contributed by atoms with Gasteiger partial charge in [-0.2, -0.15) is 4.57 Å². The normalized spacial score (nSPS) is 17.9. The number of rotatable bonds is 10. The number of anilines is 1. The molecule has 14 nitrogen and oxygen atoms in total. The van der Waals surface area contributed by atoms with E-state index in [0.717, 1.165) is 32.7 Å². The van der Waals surface area contributed by atoms with Crippen LogP contribution in [0.2, 0.25) is 4.34 Å². The van der Waals surface area contributed by atoms with Crippen molar-refractivity contribution in [1.82, 2.24) is 19.8 Å². The van der Waals surface area contributed by atoms with Crippen LogP contribution in [-0.2, 0) is 32.3 Å². The number of nitrogens with one attached hydrogen (secondary N) is 2. The summed E-state index contributed by atoms with van der Waals surface area (Å²) in [5.41, 5.74) is 13.9. The fraction of sp³-hybridized carbons (Fsp3) is 0.207. The van der Waals surface area contributed by atoms with E-state index in [-0.39, 0.29) is 44.7 Å². The molecule has 6 N–H and O–H groups in total. The van der Waals surface area contributed by atoms with Gasteiger partial charge in [-0.25, -0.2) is 4.98 Å². The smallest absolute Gasteiger partial charge is 0.276 e. The number of nitrogens with two attached hydrogens (primary N) is 2. The van der Waals surface area contributed by atoms with Crippen molar-refractivity contribution in [2.45, 2.75) is 24.5 Å². The van der Waals surface area contributed by atoms with Crippen LogP contribution in [0.15, 0.2) is 71.4 Å². The van der Waals surface area contributed by atoms with Crippen LogP contribution in [0.4, 0.5) is 5.13 Å². The van der Waals surface area contributed by atoms with Crippen LogP contribution < -0.4 is 26.5 Å². The molecule has 0 unspecified atom stereocenters. The Hall–Kier alpha value is -4.93. The third-order valence-corrected chi connectivity index (χ3v) is 9.94. The molecule has 0 bridgehead atoms. The second-order valence-corrected chi connectivity index (χ2v) is 13.1. The summed E-state index contributed by atoms with van der Waals surface area (Å²) in [5.74, 6) is -2.58. The summed E-state index contributed by atoms with van der Waals surface area (Å²) in [6, 6.07) is 10.3. The standard InChI is InChI=1S/C29H26ClN9O5S2/c1-44-36-20(19-23(30)46-29(33)35-19)25(40)34-21-26(41)39-22(28(42)43)17(13-45-27(21)39)11-37-8-6-15-7-9-38(18(15)12-37)10-14-2-4-16(5-3-14)24(31)32/h2-9,12,21,27H,10-11,13H2,1H3,(H6-,31,32,33,34,35,40,42,43)/b36-20-/t21-,27-/m1/s1. The number of oxime groups is 1. The number of aliphatic carboxylic acids is 1. The third kappa shape index (κ3) is 5.77. The minimum atomic E-state index is -1.48. The Labute approximate surface area is 274 Å². The maximum atomic E-state index is 13.3. The molecule has 0 spiro atoms. The van der Waals surface area contributed by atoms with Gasteiger partial charge in [0.15, 0.2) is 29.8 Å². The highest BCUT2D eigenvalue weighted by atomic mass is 35.5. The number of fused-ring (bicyclic) bond motifs is 2. The number of benzene rings is 1. The maximum absolute atomic E-state index is 13.3. The molecule has 3 aromatic heterocycles. The Balaban J connectivity index is 1.20. The van der Waals surface area contributed by atoms with Gasteiger partial charge in [-0.1, -0.05) is 52.4 Å². The van der Waals surface area contributed by atoms with Gasteiger partial charge in [0.05, 0.1) is 11.7 Å². The highest BCUT2D eigenvalue weighted by Crippen LogP contribution is 2.40. The number of amides is 2. The number of carboxylic acid groups (broad SMARTS) is 1. The molecule has 236 valence electrons. The van der Waals surface area contributed by atoms with Gasteiger partial charge in [0.1, 0.15) is 39.9 Å². The first-order valence-corrected chi connectivity index (χ1v) is 15.9. The number of carbonyl (C=O) groups excluding carboxylic acids is 3. The van der Waals surface area contributed by atoms with Crippen LogP contribution in [-0.4, -0.2) is 68.1 Å². The molecule has 1 aromatic carbocycles. The summed E-state index contributed by atoms with van der Waals surface area (Å²) < 4.78 is 4.04. The van der Waals surface area contributed by atoms with E-state index in [9.17, 15) is 19.5 Å². The number of thiazole rings is 1. The minimum absolute atomic E-state index is 0.00492. The first kappa shape index (κ1) is 31.1. The molecule has 4 aromatic rings. The number of aromatic nitrogens is 3. The lowest BCUT2D eigenvalue weighted by Gasteiger charge is -2.50. The highest BCUT2D eigenvalue weighted by molar-refractivity contribution is 8.00. The van der Waals surface area contributed by atoms with Crippen molar-refractivity contribution in [3.05, 3.63) is 87.4 Å². The fourth-order valence-electron chi connectivity index (χ4n) is 5.36. The van der Waals surface area contributed by atoms with Gasteiger partial charge in [0.25, 0.3) is 11.8 Å². The second-order valence-electron chi connectivity index (χ2n) is 10.4. The summed E-state index contributed by atoms with van der Waals surface area (Å²) in [4.78, 5) is 48.7. The van der Waals surface area contributed by atoms with Crippen molar-refractivity contribution >= 4 is 80.1 Å². The number of hydrogen-bond donors (Lipinski definition) is 4. The van der Waals surface area contributed by atoms with Crippen LogP contribution in [0.5, 0.6) is 0 Å². The van der Waals surface area contributed by atoms with E-state index < -0.39 is 29.2 Å². The lowest BCUT2D eigenvalue weighted by Crippen LogP contribution is -2.71. The van der Waals surface area contributed by atoms with Gasteiger partial charge in [0, 0.05) is 41.1 Å². The van der Waals surface area contributed by atoms with E-state index in [1.54, 1.807) is 12.1 Å². The SMILES string of the molecule is CO/N=C(\C(=O)N[C@@H]1C(=O)N2C(C(=O)[O-])=C(C[n+]3ccc4ccn(Cc5ccc(C(=N)N)cc5)c4c3)CS[C@H]12)c1nc(N)sc1Cl. The van der Waals surface area contributed by atoms with Gasteiger partial charge in [0.2, 0.25) is 0 Å². The number of thioether (sulfide) groups is 1. The van der Waals surface area contributed by atoms with E-state index in [1.165, 1.54) is 18.9 Å². The average Bonchev–Trinajstić information content (AvgIpc) is 3.58. The summed E-state index contributed by atoms with van der Waals surface area (Å²) >= 11 is 8.43. The Kier molecular flexibility index (Phi) is 8.41. The maximum Gasteiger partial charge on any atom is 0.276 e. The Bertz CT molecular complexity index is 1970. The minimum Gasteiger partial charge on any atom is -0.543 e. The van der Waals surface area contributed by atoms with Gasteiger partial charge in [-0.05, 0) is 11.6 Å². The van der Waals surface area contributed by atoms with E-state index in [0.29, 0.717) is 17.7 Å². The van der Waals surface area contributed by atoms with Gasteiger partial charge in [-0.3, -0.25) is 19.9 Å². The fourth-order valence-corrected chi connectivity index (χ4v) is 7.62. The van der Waals surface area contributed by atoms with E-state index in [1.807, 2.05) is 47.4 Å². The zero-order chi connectivity index (χ0) is 32.7. The first-order chi connectivity index (χ1) is 22.0. The topological polar surface area (TPSA) is 209 Å². The molecule has 2 aliphatic heterocycles. The van der Waals surface area contributed by atoms with Crippen LogP contribution in [0.25, 0.3) is 10.9 Å². The van der Waals surface area contributed by atoms with Crippen LogP contribution >= 0.6 is 34.7 Å². The number of halogens is 1. The van der Waals surface area contributed by atoms with Crippen LogP contribution in [0.3, 0.4) is 0 Å². The monoisotopic (exact) mass is 679 g/mol. The number of β-lactam (4-membered cyclic amide) rings is 1. The summed E-state index contributed by atoms with van der Waals surface area (Å²) in [5, 5.41) is 26.7. The number of nitrogen functional groups attached to an aromatic ring is 2. The van der Waals surface area contributed by atoms with Gasteiger partial charge >= 0.3 is 0 Å². The van der Waals surface area contributed by atoms with E-state index >= 15 is 0 Å². The number of carbonyl (C=O) groups is 3. The van der Waals surface area contributed by atoms with E-state index in [4.69, 9.17) is 33.3 Å². The summed E-state index contributed by atoms with van der Waals surface area (Å²) in [6.45, 7) is 0.775. The molecule has 0 aliphatic carbocycles. The molecule has 1 saturated heterocycles. The molecule has 2 amide bonds.